The van der Waals surface area contributed by atoms with Crippen molar-refractivity contribution in [1.29, 1.82) is 0 Å². The second kappa shape index (κ2) is 5.20. The van der Waals surface area contributed by atoms with Gasteiger partial charge in [-0.1, -0.05) is 29.8 Å². The fraction of sp³-hybridized carbons (Fsp3) is 0.947. The summed E-state index contributed by atoms with van der Waals surface area (Å²) in [5.41, 5.74) is 0.378. The van der Waals surface area contributed by atoms with Crippen LogP contribution in [-0.2, 0) is 4.79 Å². The molecule has 3 saturated carbocycles. The van der Waals surface area contributed by atoms with E-state index in [1.54, 1.807) is 0 Å². The summed E-state index contributed by atoms with van der Waals surface area (Å²) < 4.78 is 0. The molecular weight excluding hydrogens is 354 g/mol. The number of aliphatic hydroxyl groups excluding tert-OH is 1. The van der Waals surface area contributed by atoms with Crippen LogP contribution in [0.15, 0.2) is 0 Å². The van der Waals surface area contributed by atoms with E-state index < -0.39 is 0 Å². The molecule has 1 heterocycles. The van der Waals surface area contributed by atoms with E-state index >= 15 is 0 Å². The molecule has 8 atom stereocenters. The maximum absolute atomic E-state index is 12.4. The van der Waals surface area contributed by atoms with Crippen molar-refractivity contribution >= 4 is 21.8 Å². The first-order valence-corrected chi connectivity index (χ1v) is 10.3. The molecule has 4 aliphatic rings. The first-order valence-electron chi connectivity index (χ1n) is 9.38. The maximum atomic E-state index is 12.4. The summed E-state index contributed by atoms with van der Waals surface area (Å²) in [5, 5.41) is 10.5. The van der Waals surface area contributed by atoms with E-state index in [0.717, 1.165) is 31.6 Å². The number of nitrogens with zero attached hydrogens (tertiary/aromatic N) is 1. The molecule has 1 aliphatic heterocycles. The van der Waals surface area contributed by atoms with Crippen LogP contribution < -0.4 is 0 Å². The third kappa shape index (κ3) is 2.06. The number of piperidine rings is 1. The number of alkyl halides is 1. The Hall–Kier alpha value is -0.0900. The number of fused-ring (bicyclic) bond motifs is 5. The molecule has 23 heavy (non-hydrogen) atoms. The van der Waals surface area contributed by atoms with E-state index in [0.29, 0.717) is 17.9 Å². The van der Waals surface area contributed by atoms with Crippen molar-refractivity contribution in [1.82, 2.24) is 4.90 Å². The van der Waals surface area contributed by atoms with Gasteiger partial charge in [0.25, 0.3) is 0 Å². The lowest BCUT2D eigenvalue weighted by Crippen LogP contribution is -2.63. The van der Waals surface area contributed by atoms with Gasteiger partial charge in [0.05, 0.1) is 10.9 Å². The van der Waals surface area contributed by atoms with Gasteiger partial charge in [-0.05, 0) is 73.5 Å². The van der Waals surface area contributed by atoms with Crippen LogP contribution in [0.1, 0.15) is 58.8 Å². The minimum atomic E-state index is -0.0986. The van der Waals surface area contributed by atoms with E-state index in [4.69, 9.17) is 0 Å². The van der Waals surface area contributed by atoms with Crippen LogP contribution in [0.25, 0.3) is 0 Å². The number of rotatable bonds is 0. The zero-order chi connectivity index (χ0) is 16.6. The Balaban J connectivity index is 1.67. The summed E-state index contributed by atoms with van der Waals surface area (Å²) in [4.78, 5) is 14.4. The van der Waals surface area contributed by atoms with Crippen LogP contribution in [0.5, 0.6) is 0 Å². The van der Waals surface area contributed by atoms with Gasteiger partial charge < -0.3 is 10.0 Å². The third-order valence-corrected chi connectivity index (χ3v) is 9.19. The van der Waals surface area contributed by atoms with E-state index in [1.165, 1.54) is 19.3 Å². The number of carbonyl (C=O) groups excluding carboxylic acids is 1. The van der Waals surface area contributed by atoms with Crippen molar-refractivity contribution in [3.63, 3.8) is 0 Å². The van der Waals surface area contributed by atoms with Crippen LogP contribution in [0, 0.1) is 28.6 Å². The molecule has 1 amide bonds. The quantitative estimate of drug-likeness (QED) is 0.649. The summed E-state index contributed by atoms with van der Waals surface area (Å²) in [6, 6.07) is 0.403. The second-order valence-corrected chi connectivity index (χ2v) is 10.3. The summed E-state index contributed by atoms with van der Waals surface area (Å²) in [6.45, 7) is 4.78. The number of amides is 1. The smallest absolute Gasteiger partial charge is 0.236 e. The van der Waals surface area contributed by atoms with Crippen LogP contribution in [0.4, 0.5) is 0 Å². The molecule has 0 aromatic carbocycles. The fourth-order valence-electron chi connectivity index (χ4n) is 7.18. The first-order chi connectivity index (χ1) is 10.8. The fourth-order valence-corrected chi connectivity index (χ4v) is 8.20. The Morgan fingerprint density at radius 1 is 1.09 bits per heavy atom. The molecule has 130 valence electrons. The number of hydrogen-bond acceptors (Lipinski definition) is 2. The Morgan fingerprint density at radius 3 is 2.52 bits per heavy atom. The number of aliphatic hydroxyl groups is 1. The highest BCUT2D eigenvalue weighted by molar-refractivity contribution is 9.10. The standard InChI is InChI=1S/C19H30BrNO2/c1-18-9-8-13-11(12(18)5-7-16(18)22)4-6-15-19(13,2)10-14(20)17(23)21(15)3/h11-16,22H,4-10H2,1-3H3/t11-,12-,13-,14+,15+,16-,18-,19+/m0/s1. The predicted molar refractivity (Wildman–Crippen MR) is 94.3 cm³/mol. The largest absolute Gasteiger partial charge is 0.393 e. The Morgan fingerprint density at radius 2 is 1.78 bits per heavy atom. The van der Waals surface area contributed by atoms with Crippen molar-refractivity contribution in [3.05, 3.63) is 0 Å². The Bertz CT molecular complexity index is 525. The van der Waals surface area contributed by atoms with Gasteiger partial charge in [-0.15, -0.1) is 0 Å². The van der Waals surface area contributed by atoms with Gasteiger partial charge in [-0.2, -0.15) is 0 Å². The maximum Gasteiger partial charge on any atom is 0.236 e. The summed E-state index contributed by atoms with van der Waals surface area (Å²) in [5.74, 6) is 2.40. The van der Waals surface area contributed by atoms with E-state index in [2.05, 4.69) is 29.8 Å². The Kier molecular flexibility index (Phi) is 3.71. The lowest BCUT2D eigenvalue weighted by Gasteiger charge is -2.62. The van der Waals surface area contributed by atoms with Gasteiger partial charge in [0, 0.05) is 13.1 Å². The lowest BCUT2D eigenvalue weighted by atomic mass is 9.47. The van der Waals surface area contributed by atoms with Crippen molar-refractivity contribution in [2.75, 3.05) is 7.05 Å². The highest BCUT2D eigenvalue weighted by Crippen LogP contribution is 2.64. The average Bonchev–Trinajstić information content (AvgIpc) is 2.80. The number of halogens is 1. The van der Waals surface area contributed by atoms with E-state index in [9.17, 15) is 9.90 Å². The van der Waals surface area contributed by atoms with Gasteiger partial charge >= 0.3 is 0 Å². The third-order valence-electron chi connectivity index (χ3n) is 8.47. The molecule has 3 aliphatic carbocycles. The molecule has 0 unspecified atom stereocenters. The van der Waals surface area contributed by atoms with Gasteiger partial charge in [0.1, 0.15) is 0 Å². The SMILES string of the molecule is CN1C(=O)[C@H](Br)C[C@]2(C)[C@H]3CC[C@]4(C)[C@@H](O)CC[C@H]4[C@@H]3CC[C@@H]12. The first kappa shape index (κ1) is 16.4. The van der Waals surface area contributed by atoms with Gasteiger partial charge in [-0.25, -0.2) is 0 Å². The van der Waals surface area contributed by atoms with Crippen LogP contribution in [-0.4, -0.2) is 39.9 Å². The molecule has 4 heteroatoms. The molecule has 0 spiro atoms. The monoisotopic (exact) mass is 383 g/mol. The molecule has 0 aromatic heterocycles. The number of carbonyl (C=O) groups is 1. The summed E-state index contributed by atoms with van der Waals surface area (Å²) >= 11 is 3.65. The van der Waals surface area contributed by atoms with Crippen molar-refractivity contribution < 1.29 is 9.90 Å². The molecule has 4 rings (SSSR count). The topological polar surface area (TPSA) is 40.5 Å². The molecule has 1 N–H and O–H groups in total. The van der Waals surface area contributed by atoms with Gasteiger partial charge in [0.15, 0.2) is 0 Å². The number of hydrogen-bond donors (Lipinski definition) is 1. The highest BCUT2D eigenvalue weighted by atomic mass is 79.9. The zero-order valence-corrected chi connectivity index (χ0v) is 16.2. The molecule has 0 radical (unpaired) electrons. The Labute approximate surface area is 148 Å². The van der Waals surface area contributed by atoms with Crippen LogP contribution >= 0.6 is 15.9 Å². The van der Waals surface area contributed by atoms with Crippen molar-refractivity contribution in [2.24, 2.45) is 28.6 Å². The molecule has 0 aromatic rings. The average molecular weight is 384 g/mol. The minimum absolute atomic E-state index is 0.0185. The lowest BCUT2D eigenvalue weighted by molar-refractivity contribution is -0.158. The van der Waals surface area contributed by atoms with Crippen LogP contribution in [0.2, 0.25) is 0 Å². The van der Waals surface area contributed by atoms with E-state index in [-0.39, 0.29) is 27.7 Å². The summed E-state index contributed by atoms with van der Waals surface area (Å²) in [6.07, 6.45) is 7.84. The second-order valence-electron chi connectivity index (χ2n) is 9.23. The predicted octanol–water partition coefficient (Wildman–Crippen LogP) is 3.58. The van der Waals surface area contributed by atoms with E-state index in [1.807, 2.05) is 11.9 Å². The minimum Gasteiger partial charge on any atom is -0.393 e. The number of likely N-dealkylation sites (tertiary alicyclic amines) is 1. The highest BCUT2D eigenvalue weighted by Gasteiger charge is 2.61. The van der Waals surface area contributed by atoms with Crippen LogP contribution in [0.3, 0.4) is 0 Å². The summed E-state index contributed by atoms with van der Waals surface area (Å²) in [7, 11) is 2.01. The molecule has 1 saturated heterocycles. The van der Waals surface area contributed by atoms with Gasteiger partial charge in [-0.3, -0.25) is 4.79 Å². The molecule has 0 bridgehead atoms. The molecule has 4 fully saturated rings. The normalized spacial score (nSPS) is 56.0. The zero-order valence-electron chi connectivity index (χ0n) is 14.6. The molecular formula is C19H30BrNO2. The molecule has 3 nitrogen and oxygen atoms in total. The van der Waals surface area contributed by atoms with Gasteiger partial charge in [0.2, 0.25) is 5.91 Å². The van der Waals surface area contributed by atoms with Crippen molar-refractivity contribution in [3.8, 4) is 0 Å². The van der Waals surface area contributed by atoms with Crippen molar-refractivity contribution in [2.45, 2.75) is 75.8 Å².